The van der Waals surface area contributed by atoms with E-state index < -0.39 is 34.4 Å². The smallest absolute Gasteiger partial charge is 0.342 e. The lowest BCUT2D eigenvalue weighted by molar-refractivity contribution is 0.0695. The molecule has 1 aromatic heterocycles. The van der Waals surface area contributed by atoms with E-state index in [0.29, 0.717) is 10.8 Å². The summed E-state index contributed by atoms with van der Waals surface area (Å²) in [4.78, 5) is 37.2. The number of nitrogens with one attached hydrogen (secondary N) is 1. The maximum atomic E-state index is 12.0. The Morgan fingerprint density at radius 2 is 1.52 bits per heavy atom. The van der Waals surface area contributed by atoms with Crippen LogP contribution >= 0.6 is 0 Å². The molecule has 0 unspecified atom stereocenters. The quantitative estimate of drug-likeness (QED) is 0.487. The third-order valence-corrected chi connectivity index (χ3v) is 3.78. The van der Waals surface area contributed by atoms with Gasteiger partial charge in [-0.25, -0.2) is 9.59 Å². The van der Waals surface area contributed by atoms with E-state index in [-0.39, 0.29) is 16.9 Å². The van der Waals surface area contributed by atoms with E-state index in [1.54, 1.807) is 12.1 Å². The number of phenolic OH excluding ortho intramolecular Hbond substituents is 1. The van der Waals surface area contributed by atoms with Gasteiger partial charge in [-0.3, -0.25) is 4.79 Å². The Labute approximate surface area is 139 Å². The third kappa shape index (κ3) is 2.65. The number of H-pyrrole nitrogens is 1. The predicted molar refractivity (Wildman–Crippen MR) is 90.0 cm³/mol. The molecule has 126 valence electrons. The Balaban J connectivity index is 2.43. The van der Waals surface area contributed by atoms with Gasteiger partial charge >= 0.3 is 11.9 Å². The number of aromatic nitrogens is 1. The second-order valence-electron chi connectivity index (χ2n) is 5.35. The summed E-state index contributed by atoms with van der Waals surface area (Å²) in [5, 5.41) is 29.6. The molecule has 0 saturated heterocycles. The fourth-order valence-corrected chi connectivity index (χ4v) is 2.72. The van der Waals surface area contributed by atoms with Gasteiger partial charge in [-0.1, -0.05) is 18.2 Å². The van der Waals surface area contributed by atoms with Crippen molar-refractivity contribution in [1.29, 1.82) is 0 Å². The molecule has 2 aromatic carbocycles. The molecular weight excluding hydrogens is 328 g/mol. The summed E-state index contributed by atoms with van der Waals surface area (Å²) in [7, 11) is 0. The van der Waals surface area contributed by atoms with E-state index in [2.05, 4.69) is 4.98 Å². The minimum Gasteiger partial charge on any atom is -0.508 e. The van der Waals surface area contributed by atoms with Gasteiger partial charge in [0.1, 0.15) is 22.7 Å². The monoisotopic (exact) mass is 340 g/mol. The molecule has 8 heteroatoms. The first kappa shape index (κ1) is 16.1. The average molecular weight is 340 g/mol. The highest BCUT2D eigenvalue weighted by atomic mass is 16.4. The summed E-state index contributed by atoms with van der Waals surface area (Å²) in [6.07, 6.45) is 0. The number of aromatic carboxylic acids is 2. The normalized spacial score (nSPS) is 10.7. The second-order valence-corrected chi connectivity index (χ2v) is 5.35. The summed E-state index contributed by atoms with van der Waals surface area (Å²) in [5.41, 5.74) is 3.36. The molecule has 0 atom stereocenters. The molecule has 0 radical (unpaired) electrons. The zero-order chi connectivity index (χ0) is 18.3. The largest absolute Gasteiger partial charge is 0.508 e. The van der Waals surface area contributed by atoms with Crippen LogP contribution in [0.2, 0.25) is 0 Å². The number of benzene rings is 2. The zero-order valence-corrected chi connectivity index (χ0v) is 12.6. The minimum atomic E-state index is -1.57. The molecular formula is C17H12N2O6. The summed E-state index contributed by atoms with van der Waals surface area (Å²) >= 11 is 0. The van der Waals surface area contributed by atoms with Crippen molar-refractivity contribution in [1.82, 2.24) is 4.98 Å². The fourth-order valence-electron chi connectivity index (χ4n) is 2.72. The van der Waals surface area contributed by atoms with Gasteiger partial charge in [0.15, 0.2) is 0 Å². The number of carbonyl (C=O) groups is 2. The lowest BCUT2D eigenvalue weighted by atomic mass is 9.93. The van der Waals surface area contributed by atoms with Crippen molar-refractivity contribution >= 4 is 28.5 Å². The molecule has 25 heavy (non-hydrogen) atoms. The van der Waals surface area contributed by atoms with Crippen LogP contribution in [0.25, 0.3) is 21.9 Å². The van der Waals surface area contributed by atoms with E-state index >= 15 is 0 Å². The molecule has 3 rings (SSSR count). The van der Waals surface area contributed by atoms with Crippen LogP contribution in [-0.4, -0.2) is 32.2 Å². The first-order chi connectivity index (χ1) is 11.8. The Bertz CT molecular complexity index is 1100. The summed E-state index contributed by atoms with van der Waals surface area (Å²) in [6, 6.07) is 9.11. The molecule has 8 nitrogen and oxygen atoms in total. The van der Waals surface area contributed by atoms with Crippen molar-refractivity contribution in [2.45, 2.75) is 0 Å². The molecule has 1 heterocycles. The standard InChI is InChI=1S/C17H12N2O6/c18-14-12(16(22)23)11(13(17(24)25)15(21)19-14)9-2-1-8-6-10(20)4-3-7(8)5-9/h1-6,20H,(H,22,23)(H,24,25)(H3,18,19,21). The van der Waals surface area contributed by atoms with Gasteiger partial charge in [0.05, 0.1) is 0 Å². The van der Waals surface area contributed by atoms with E-state index in [9.17, 15) is 29.7 Å². The van der Waals surface area contributed by atoms with Gasteiger partial charge in [0, 0.05) is 5.56 Å². The van der Waals surface area contributed by atoms with Crippen molar-refractivity contribution in [3.05, 3.63) is 57.9 Å². The van der Waals surface area contributed by atoms with Crippen LogP contribution in [-0.2, 0) is 0 Å². The molecule has 0 fully saturated rings. The SMILES string of the molecule is Nc1[nH]c(=O)c(C(=O)O)c(-c2ccc3cc(O)ccc3c2)c1C(=O)O. The van der Waals surface area contributed by atoms with Crippen LogP contribution in [0.15, 0.2) is 41.2 Å². The number of aromatic hydroxyl groups is 1. The van der Waals surface area contributed by atoms with E-state index in [4.69, 9.17) is 5.73 Å². The van der Waals surface area contributed by atoms with Crippen molar-refractivity contribution in [3.63, 3.8) is 0 Å². The minimum absolute atomic E-state index is 0.0538. The van der Waals surface area contributed by atoms with Crippen LogP contribution in [0, 0.1) is 0 Å². The summed E-state index contributed by atoms with van der Waals surface area (Å²) in [5.74, 6) is -3.40. The van der Waals surface area contributed by atoms with Gasteiger partial charge in [0.25, 0.3) is 5.56 Å². The highest BCUT2D eigenvalue weighted by molar-refractivity contribution is 6.08. The van der Waals surface area contributed by atoms with Gasteiger partial charge in [-0.05, 0) is 34.5 Å². The number of carboxylic acid groups (broad SMARTS) is 2. The van der Waals surface area contributed by atoms with E-state index in [0.717, 1.165) is 0 Å². The van der Waals surface area contributed by atoms with E-state index in [1.165, 1.54) is 24.3 Å². The Hall–Kier alpha value is -3.81. The molecule has 0 aliphatic rings. The van der Waals surface area contributed by atoms with Crippen molar-refractivity contribution in [2.75, 3.05) is 5.73 Å². The Kier molecular flexibility index (Phi) is 3.65. The lowest BCUT2D eigenvalue weighted by Crippen LogP contribution is -2.24. The highest BCUT2D eigenvalue weighted by Crippen LogP contribution is 2.32. The van der Waals surface area contributed by atoms with Crippen molar-refractivity contribution in [2.24, 2.45) is 0 Å². The number of nitrogens with two attached hydrogens (primary N) is 1. The number of hydrogen-bond donors (Lipinski definition) is 5. The van der Waals surface area contributed by atoms with Crippen LogP contribution in [0.5, 0.6) is 5.75 Å². The number of carboxylic acids is 2. The van der Waals surface area contributed by atoms with Crippen molar-refractivity contribution < 1.29 is 24.9 Å². The molecule has 0 amide bonds. The molecule has 0 aliphatic heterocycles. The first-order valence-electron chi connectivity index (χ1n) is 7.05. The summed E-state index contributed by atoms with van der Waals surface area (Å²) in [6.45, 7) is 0. The second kappa shape index (κ2) is 5.68. The number of aromatic amines is 1. The van der Waals surface area contributed by atoms with Gasteiger partial charge in [0.2, 0.25) is 0 Å². The van der Waals surface area contributed by atoms with Crippen LogP contribution < -0.4 is 11.3 Å². The van der Waals surface area contributed by atoms with Gasteiger partial charge in [-0.2, -0.15) is 0 Å². The Morgan fingerprint density at radius 1 is 0.920 bits per heavy atom. The lowest BCUT2D eigenvalue weighted by Gasteiger charge is -2.12. The number of hydrogen-bond acceptors (Lipinski definition) is 5. The molecule has 0 spiro atoms. The summed E-state index contributed by atoms with van der Waals surface area (Å²) < 4.78 is 0. The van der Waals surface area contributed by atoms with Crippen LogP contribution in [0.4, 0.5) is 5.82 Å². The number of anilines is 1. The maximum Gasteiger partial charge on any atom is 0.342 e. The number of rotatable bonds is 3. The number of fused-ring (bicyclic) bond motifs is 1. The fraction of sp³-hybridized carbons (Fsp3) is 0. The predicted octanol–water partition coefficient (Wildman–Crippen LogP) is 1.88. The average Bonchev–Trinajstić information content (AvgIpc) is 2.52. The van der Waals surface area contributed by atoms with E-state index in [1.807, 2.05) is 0 Å². The van der Waals surface area contributed by atoms with Crippen molar-refractivity contribution in [3.8, 4) is 16.9 Å². The third-order valence-electron chi connectivity index (χ3n) is 3.78. The number of pyridine rings is 1. The highest BCUT2D eigenvalue weighted by Gasteiger charge is 2.26. The molecule has 0 bridgehead atoms. The maximum absolute atomic E-state index is 12.0. The van der Waals surface area contributed by atoms with Gasteiger partial charge in [-0.15, -0.1) is 0 Å². The zero-order valence-electron chi connectivity index (χ0n) is 12.6. The molecule has 0 aliphatic carbocycles. The first-order valence-corrected chi connectivity index (χ1v) is 7.05. The molecule has 0 saturated carbocycles. The molecule has 6 N–H and O–H groups in total. The molecule has 3 aromatic rings. The topological polar surface area (TPSA) is 154 Å². The van der Waals surface area contributed by atoms with Crippen LogP contribution in [0.3, 0.4) is 0 Å². The number of nitrogen functional groups attached to an aromatic ring is 1. The number of phenols is 1. The van der Waals surface area contributed by atoms with Gasteiger partial charge < -0.3 is 26.0 Å². The Morgan fingerprint density at radius 3 is 2.16 bits per heavy atom. The van der Waals surface area contributed by atoms with Crippen LogP contribution in [0.1, 0.15) is 20.7 Å².